The average molecular weight is 384 g/mol. The van der Waals surface area contributed by atoms with Crippen molar-refractivity contribution in [2.75, 3.05) is 6.54 Å². The van der Waals surface area contributed by atoms with Crippen molar-refractivity contribution >= 4 is 16.8 Å². The van der Waals surface area contributed by atoms with Gasteiger partial charge in [0.05, 0.1) is 0 Å². The molecular weight excluding hydrogens is 350 g/mol. The van der Waals surface area contributed by atoms with Gasteiger partial charge in [0, 0.05) is 40.8 Å². The lowest BCUT2D eigenvalue weighted by molar-refractivity contribution is 0.0440. The SMILES string of the molecule is CCCCN(C(=O)c1c[nH]c2ccccc2c1=O)C1CC(C)(C)NC(C)(C)C1. The summed E-state index contributed by atoms with van der Waals surface area (Å²) in [5.41, 5.74) is 0.686. The Hall–Kier alpha value is -2.14. The molecule has 28 heavy (non-hydrogen) atoms. The first-order valence-corrected chi connectivity index (χ1v) is 10.3. The molecule has 0 aliphatic carbocycles. The van der Waals surface area contributed by atoms with Crippen LogP contribution in [0.5, 0.6) is 0 Å². The van der Waals surface area contributed by atoms with Crippen LogP contribution in [0.3, 0.4) is 0 Å². The van der Waals surface area contributed by atoms with Crippen molar-refractivity contribution in [1.82, 2.24) is 15.2 Å². The van der Waals surface area contributed by atoms with Gasteiger partial charge in [0.1, 0.15) is 5.56 Å². The minimum absolute atomic E-state index is 0.0625. The second-order valence-corrected chi connectivity index (χ2v) is 9.38. The van der Waals surface area contributed by atoms with E-state index in [-0.39, 0.29) is 34.0 Å². The summed E-state index contributed by atoms with van der Waals surface area (Å²) in [6.45, 7) is 11.6. The number of aromatic nitrogens is 1. The van der Waals surface area contributed by atoms with Crippen LogP contribution < -0.4 is 10.7 Å². The molecule has 0 spiro atoms. The van der Waals surface area contributed by atoms with E-state index in [0.717, 1.165) is 31.2 Å². The number of benzene rings is 1. The zero-order chi connectivity index (χ0) is 20.5. The third-order valence-electron chi connectivity index (χ3n) is 5.64. The maximum atomic E-state index is 13.5. The first-order chi connectivity index (χ1) is 13.1. The number of carbonyl (C=O) groups is 1. The van der Waals surface area contributed by atoms with Gasteiger partial charge in [0.25, 0.3) is 5.91 Å². The Labute approximate surface area is 167 Å². The topological polar surface area (TPSA) is 65.2 Å². The first-order valence-electron chi connectivity index (χ1n) is 10.3. The molecule has 0 radical (unpaired) electrons. The zero-order valence-electron chi connectivity index (χ0n) is 17.8. The summed E-state index contributed by atoms with van der Waals surface area (Å²) in [7, 11) is 0. The van der Waals surface area contributed by atoms with Gasteiger partial charge in [0.2, 0.25) is 5.43 Å². The largest absolute Gasteiger partial charge is 0.360 e. The van der Waals surface area contributed by atoms with E-state index in [9.17, 15) is 9.59 Å². The summed E-state index contributed by atoms with van der Waals surface area (Å²) < 4.78 is 0. The molecule has 5 heteroatoms. The monoisotopic (exact) mass is 383 g/mol. The number of rotatable bonds is 5. The number of hydrogen-bond donors (Lipinski definition) is 2. The fourth-order valence-electron chi connectivity index (χ4n) is 4.75. The Kier molecular flexibility index (Phi) is 5.67. The minimum atomic E-state index is -0.187. The number of nitrogens with one attached hydrogen (secondary N) is 2. The maximum absolute atomic E-state index is 13.5. The number of hydrogen-bond acceptors (Lipinski definition) is 3. The van der Waals surface area contributed by atoms with Gasteiger partial charge in [0.15, 0.2) is 0 Å². The second kappa shape index (κ2) is 7.70. The van der Waals surface area contributed by atoms with Gasteiger partial charge in [-0.05, 0) is 59.1 Å². The lowest BCUT2D eigenvalue weighted by Crippen LogP contribution is -2.63. The van der Waals surface area contributed by atoms with Gasteiger partial charge < -0.3 is 15.2 Å². The van der Waals surface area contributed by atoms with Crippen molar-refractivity contribution in [2.45, 2.75) is 77.4 Å². The van der Waals surface area contributed by atoms with Gasteiger partial charge in [-0.3, -0.25) is 9.59 Å². The summed E-state index contributed by atoms with van der Waals surface area (Å²) in [6, 6.07) is 7.46. The molecule has 0 unspecified atom stereocenters. The molecule has 0 saturated carbocycles. The highest BCUT2D eigenvalue weighted by Crippen LogP contribution is 2.32. The van der Waals surface area contributed by atoms with Gasteiger partial charge >= 0.3 is 0 Å². The van der Waals surface area contributed by atoms with Crippen LogP contribution in [0, 0.1) is 0 Å². The molecule has 1 saturated heterocycles. The van der Waals surface area contributed by atoms with Crippen molar-refractivity contribution in [3.8, 4) is 0 Å². The summed E-state index contributed by atoms with van der Waals surface area (Å²) >= 11 is 0. The Bertz CT molecular complexity index is 897. The molecule has 1 fully saturated rings. The predicted molar refractivity (Wildman–Crippen MR) is 115 cm³/mol. The number of piperidine rings is 1. The molecule has 152 valence electrons. The highest BCUT2D eigenvalue weighted by atomic mass is 16.2. The van der Waals surface area contributed by atoms with Gasteiger partial charge in [-0.2, -0.15) is 0 Å². The number of fused-ring (bicyclic) bond motifs is 1. The molecule has 1 aromatic carbocycles. The number of carbonyl (C=O) groups excluding carboxylic acids is 1. The number of para-hydroxylation sites is 1. The molecule has 3 rings (SSSR count). The van der Waals surface area contributed by atoms with Crippen molar-refractivity contribution in [3.63, 3.8) is 0 Å². The number of pyridine rings is 1. The van der Waals surface area contributed by atoms with Crippen molar-refractivity contribution in [2.24, 2.45) is 0 Å². The van der Waals surface area contributed by atoms with Crippen LogP contribution in [-0.2, 0) is 0 Å². The van der Waals surface area contributed by atoms with E-state index in [0.29, 0.717) is 11.9 Å². The van der Waals surface area contributed by atoms with Gasteiger partial charge in [-0.15, -0.1) is 0 Å². The van der Waals surface area contributed by atoms with E-state index in [1.165, 1.54) is 0 Å². The number of unbranched alkanes of at least 4 members (excludes halogenated alkanes) is 1. The molecule has 2 heterocycles. The first kappa shape index (κ1) is 20.6. The normalized spacial score (nSPS) is 18.9. The van der Waals surface area contributed by atoms with Crippen LogP contribution in [0.2, 0.25) is 0 Å². The molecule has 1 aromatic heterocycles. The van der Waals surface area contributed by atoms with E-state index < -0.39 is 0 Å². The molecule has 2 aromatic rings. The minimum Gasteiger partial charge on any atom is -0.360 e. The maximum Gasteiger partial charge on any atom is 0.259 e. The lowest BCUT2D eigenvalue weighted by atomic mass is 9.78. The van der Waals surface area contributed by atoms with Crippen LogP contribution in [0.15, 0.2) is 35.3 Å². The number of nitrogens with zero attached hydrogens (tertiary/aromatic N) is 1. The van der Waals surface area contributed by atoms with E-state index >= 15 is 0 Å². The summed E-state index contributed by atoms with van der Waals surface area (Å²) in [5, 5.41) is 4.25. The summed E-state index contributed by atoms with van der Waals surface area (Å²) in [6.07, 6.45) is 5.27. The summed E-state index contributed by atoms with van der Waals surface area (Å²) in [4.78, 5) is 31.6. The molecule has 0 bridgehead atoms. The Morgan fingerprint density at radius 2 is 1.79 bits per heavy atom. The van der Waals surface area contributed by atoms with Crippen molar-refractivity contribution in [1.29, 1.82) is 0 Å². The highest BCUT2D eigenvalue weighted by molar-refractivity contribution is 5.97. The molecule has 1 aliphatic rings. The molecule has 0 atom stereocenters. The fourth-order valence-corrected chi connectivity index (χ4v) is 4.75. The standard InChI is InChI=1S/C23H33N3O2/c1-6-7-12-26(16-13-22(2,3)25-23(4,5)14-16)21(28)18-15-24-19-11-9-8-10-17(19)20(18)27/h8-11,15-16,25H,6-7,12-14H2,1-5H3,(H,24,27). The predicted octanol–water partition coefficient (Wildman–Crippen LogP) is 4.08. The Balaban J connectivity index is 1.99. The molecule has 1 amide bonds. The number of H-pyrrole nitrogens is 1. The van der Waals surface area contributed by atoms with Crippen LogP contribution in [0.25, 0.3) is 10.9 Å². The van der Waals surface area contributed by atoms with Crippen molar-refractivity contribution < 1.29 is 4.79 Å². The van der Waals surface area contributed by atoms with Crippen LogP contribution >= 0.6 is 0 Å². The van der Waals surface area contributed by atoms with Crippen LogP contribution in [0.1, 0.15) is 70.7 Å². The average Bonchev–Trinajstić information content (AvgIpc) is 2.60. The van der Waals surface area contributed by atoms with E-state index in [2.05, 4.69) is 44.9 Å². The Morgan fingerprint density at radius 3 is 2.43 bits per heavy atom. The van der Waals surface area contributed by atoms with Crippen LogP contribution in [0.4, 0.5) is 0 Å². The molecule has 1 aliphatic heterocycles. The third-order valence-corrected chi connectivity index (χ3v) is 5.64. The van der Waals surface area contributed by atoms with Gasteiger partial charge in [-0.25, -0.2) is 0 Å². The Morgan fingerprint density at radius 1 is 1.14 bits per heavy atom. The fraction of sp³-hybridized carbons (Fsp3) is 0.565. The number of amides is 1. The second-order valence-electron chi connectivity index (χ2n) is 9.38. The van der Waals surface area contributed by atoms with E-state index in [4.69, 9.17) is 0 Å². The highest BCUT2D eigenvalue weighted by Gasteiger charge is 2.41. The van der Waals surface area contributed by atoms with E-state index in [1.807, 2.05) is 23.1 Å². The summed E-state index contributed by atoms with van der Waals surface area (Å²) in [5.74, 6) is -0.154. The van der Waals surface area contributed by atoms with Gasteiger partial charge in [-0.1, -0.05) is 25.5 Å². The molecule has 2 N–H and O–H groups in total. The zero-order valence-corrected chi connectivity index (χ0v) is 17.8. The molecular formula is C23H33N3O2. The number of aromatic amines is 1. The third kappa shape index (κ3) is 4.30. The van der Waals surface area contributed by atoms with Crippen LogP contribution in [-0.4, -0.2) is 39.5 Å². The van der Waals surface area contributed by atoms with Crippen molar-refractivity contribution in [3.05, 3.63) is 46.2 Å². The van der Waals surface area contributed by atoms with E-state index in [1.54, 1.807) is 12.3 Å². The molecule has 5 nitrogen and oxygen atoms in total. The quantitative estimate of drug-likeness (QED) is 0.818. The smallest absolute Gasteiger partial charge is 0.259 e. The lowest BCUT2D eigenvalue weighted by Gasteiger charge is -2.49.